The molecule has 1 heterocycles. The standard InChI is InChI=1S/C31H27NO5/c1-18(28(33)20-10-6-3-7-11-20)37-31(36)21-12-14-23(15-13-21)32-29(34)26-22-16-24(19-8-4-2-5-9-19)25(17-22)27(26)30(32)35/h2-15,18,22,24-27H,16-17H2,1H3/t18-,22-,24-,25+,26+,27-/m0/s1. The highest BCUT2D eigenvalue weighted by Gasteiger charge is 2.64. The van der Waals surface area contributed by atoms with Gasteiger partial charge in [0.25, 0.3) is 0 Å². The Morgan fingerprint density at radius 1 is 0.784 bits per heavy atom. The molecule has 0 N–H and O–H groups in total. The zero-order valence-electron chi connectivity index (χ0n) is 20.4. The number of hydrogen-bond donors (Lipinski definition) is 0. The average molecular weight is 494 g/mol. The number of esters is 1. The van der Waals surface area contributed by atoms with E-state index in [4.69, 9.17) is 4.74 Å². The fourth-order valence-corrected chi connectivity index (χ4v) is 6.66. The molecule has 0 radical (unpaired) electrons. The zero-order valence-corrected chi connectivity index (χ0v) is 20.4. The second kappa shape index (κ2) is 9.11. The number of benzene rings is 3. The number of carbonyl (C=O) groups is 4. The van der Waals surface area contributed by atoms with Gasteiger partial charge in [-0.2, -0.15) is 0 Å². The summed E-state index contributed by atoms with van der Waals surface area (Å²) < 4.78 is 5.38. The smallest absolute Gasteiger partial charge is 0.338 e. The molecule has 2 aliphatic carbocycles. The predicted molar refractivity (Wildman–Crippen MR) is 137 cm³/mol. The minimum Gasteiger partial charge on any atom is -0.451 e. The van der Waals surface area contributed by atoms with Crippen LogP contribution in [-0.2, 0) is 14.3 Å². The third kappa shape index (κ3) is 3.88. The molecule has 1 aliphatic heterocycles. The lowest BCUT2D eigenvalue weighted by Crippen LogP contribution is -2.33. The number of ether oxygens (including phenoxy) is 1. The molecular weight excluding hydrogens is 466 g/mol. The highest BCUT2D eigenvalue weighted by Crippen LogP contribution is 2.61. The van der Waals surface area contributed by atoms with Crippen molar-refractivity contribution in [2.75, 3.05) is 4.90 Å². The van der Waals surface area contributed by atoms with Crippen LogP contribution in [0.5, 0.6) is 0 Å². The van der Waals surface area contributed by atoms with E-state index in [0.29, 0.717) is 17.2 Å². The normalized spacial score (nSPS) is 26.7. The first-order valence-electron chi connectivity index (χ1n) is 12.8. The highest BCUT2D eigenvalue weighted by molar-refractivity contribution is 6.22. The number of anilines is 1. The molecule has 2 saturated carbocycles. The summed E-state index contributed by atoms with van der Waals surface area (Å²) in [5.74, 6) is -1.03. The number of rotatable bonds is 6. The summed E-state index contributed by atoms with van der Waals surface area (Å²) in [4.78, 5) is 53.4. The number of nitrogens with zero attached hydrogens (tertiary/aromatic N) is 1. The van der Waals surface area contributed by atoms with Gasteiger partial charge < -0.3 is 4.74 Å². The van der Waals surface area contributed by atoms with Crippen molar-refractivity contribution in [2.24, 2.45) is 23.7 Å². The van der Waals surface area contributed by atoms with Crippen molar-refractivity contribution in [1.29, 1.82) is 0 Å². The maximum absolute atomic E-state index is 13.5. The molecule has 37 heavy (non-hydrogen) atoms. The summed E-state index contributed by atoms with van der Waals surface area (Å²) >= 11 is 0. The van der Waals surface area contributed by atoms with Crippen LogP contribution >= 0.6 is 0 Å². The van der Waals surface area contributed by atoms with Gasteiger partial charge in [-0.3, -0.25) is 19.3 Å². The molecule has 3 fully saturated rings. The van der Waals surface area contributed by atoms with E-state index in [1.165, 1.54) is 22.6 Å². The summed E-state index contributed by atoms with van der Waals surface area (Å²) in [7, 11) is 0. The van der Waals surface area contributed by atoms with Crippen LogP contribution in [0.4, 0.5) is 5.69 Å². The Bertz CT molecular complexity index is 1370. The van der Waals surface area contributed by atoms with Crippen LogP contribution in [0.25, 0.3) is 0 Å². The van der Waals surface area contributed by atoms with Crippen molar-refractivity contribution in [3.63, 3.8) is 0 Å². The number of carbonyl (C=O) groups excluding carboxylic acids is 4. The molecule has 0 spiro atoms. The van der Waals surface area contributed by atoms with E-state index < -0.39 is 12.1 Å². The van der Waals surface area contributed by atoms with E-state index in [1.54, 1.807) is 43.3 Å². The Hall–Kier alpha value is -4.06. The van der Waals surface area contributed by atoms with Gasteiger partial charge in [0.15, 0.2) is 6.10 Å². The Balaban J connectivity index is 1.16. The second-order valence-corrected chi connectivity index (χ2v) is 10.3. The summed E-state index contributed by atoms with van der Waals surface area (Å²) in [5, 5.41) is 0. The molecule has 6 heteroatoms. The van der Waals surface area contributed by atoms with Crippen LogP contribution < -0.4 is 4.90 Å². The number of amides is 2. The average Bonchev–Trinajstić information content (AvgIpc) is 3.60. The number of fused-ring (bicyclic) bond motifs is 5. The number of hydrogen-bond acceptors (Lipinski definition) is 5. The lowest BCUT2D eigenvalue weighted by Gasteiger charge is -2.28. The fourth-order valence-electron chi connectivity index (χ4n) is 6.66. The van der Waals surface area contributed by atoms with E-state index in [-0.39, 0.29) is 46.8 Å². The van der Waals surface area contributed by atoms with Gasteiger partial charge in [-0.1, -0.05) is 60.7 Å². The molecular formula is C31H27NO5. The summed E-state index contributed by atoms with van der Waals surface area (Å²) in [5.41, 5.74) is 2.43. The van der Waals surface area contributed by atoms with Crippen LogP contribution in [0.3, 0.4) is 0 Å². The first kappa shape index (κ1) is 23.3. The van der Waals surface area contributed by atoms with Gasteiger partial charge in [0.05, 0.1) is 23.1 Å². The van der Waals surface area contributed by atoms with Crippen LogP contribution in [0, 0.1) is 23.7 Å². The van der Waals surface area contributed by atoms with Gasteiger partial charge in [-0.15, -0.1) is 0 Å². The minimum atomic E-state index is -0.941. The Morgan fingerprint density at radius 2 is 1.41 bits per heavy atom. The number of imide groups is 1. The van der Waals surface area contributed by atoms with E-state index >= 15 is 0 Å². The lowest BCUT2D eigenvalue weighted by atomic mass is 9.73. The molecule has 0 unspecified atom stereocenters. The van der Waals surface area contributed by atoms with Gasteiger partial charge >= 0.3 is 5.97 Å². The number of ketones is 1. The monoisotopic (exact) mass is 493 g/mol. The summed E-state index contributed by atoms with van der Waals surface area (Å²) in [6, 6.07) is 25.2. The van der Waals surface area contributed by atoms with E-state index in [1.807, 2.05) is 24.3 Å². The van der Waals surface area contributed by atoms with Crippen molar-refractivity contribution < 1.29 is 23.9 Å². The molecule has 6 rings (SSSR count). The maximum Gasteiger partial charge on any atom is 0.338 e. The molecule has 0 aromatic heterocycles. The van der Waals surface area contributed by atoms with Crippen LogP contribution in [0.1, 0.15) is 52.0 Å². The van der Waals surface area contributed by atoms with Crippen molar-refractivity contribution in [3.05, 3.63) is 102 Å². The highest BCUT2D eigenvalue weighted by atomic mass is 16.5. The zero-order chi connectivity index (χ0) is 25.7. The largest absolute Gasteiger partial charge is 0.451 e. The van der Waals surface area contributed by atoms with Crippen LogP contribution in [-0.4, -0.2) is 29.7 Å². The van der Waals surface area contributed by atoms with Crippen molar-refractivity contribution in [3.8, 4) is 0 Å². The molecule has 3 aromatic rings. The van der Waals surface area contributed by atoms with Crippen molar-refractivity contribution in [2.45, 2.75) is 31.8 Å². The van der Waals surface area contributed by atoms with Gasteiger partial charge in [0.1, 0.15) is 0 Å². The quantitative estimate of drug-likeness (QED) is 0.273. The molecule has 2 amide bonds. The van der Waals surface area contributed by atoms with Gasteiger partial charge in [0, 0.05) is 5.56 Å². The van der Waals surface area contributed by atoms with E-state index in [2.05, 4.69) is 12.1 Å². The summed E-state index contributed by atoms with van der Waals surface area (Å²) in [6.45, 7) is 1.54. The molecule has 6 nitrogen and oxygen atoms in total. The van der Waals surface area contributed by atoms with Crippen LogP contribution in [0.15, 0.2) is 84.9 Å². The maximum atomic E-state index is 13.5. The van der Waals surface area contributed by atoms with Crippen LogP contribution in [0.2, 0.25) is 0 Å². The Morgan fingerprint density at radius 3 is 2.08 bits per heavy atom. The third-order valence-electron chi connectivity index (χ3n) is 8.32. The molecule has 2 bridgehead atoms. The molecule has 6 atom stereocenters. The van der Waals surface area contributed by atoms with Gasteiger partial charge in [0.2, 0.25) is 17.6 Å². The number of Topliss-reactive ketones (excluding diaryl/α,β-unsaturated/α-hetero) is 1. The third-order valence-corrected chi connectivity index (χ3v) is 8.32. The molecule has 1 saturated heterocycles. The lowest BCUT2D eigenvalue weighted by molar-refractivity contribution is -0.123. The van der Waals surface area contributed by atoms with E-state index in [9.17, 15) is 19.2 Å². The predicted octanol–water partition coefficient (Wildman–Crippen LogP) is 5.04. The van der Waals surface area contributed by atoms with Gasteiger partial charge in [-0.25, -0.2) is 4.79 Å². The topological polar surface area (TPSA) is 80.8 Å². The first-order chi connectivity index (χ1) is 17.9. The van der Waals surface area contributed by atoms with Crippen molar-refractivity contribution >= 4 is 29.3 Å². The molecule has 3 aromatic carbocycles. The Kier molecular flexibility index (Phi) is 5.75. The minimum absolute atomic E-state index is 0.133. The Labute approximate surface area is 215 Å². The van der Waals surface area contributed by atoms with Crippen molar-refractivity contribution in [1.82, 2.24) is 0 Å². The second-order valence-electron chi connectivity index (χ2n) is 10.3. The first-order valence-corrected chi connectivity index (χ1v) is 12.8. The van der Waals surface area contributed by atoms with Gasteiger partial charge in [-0.05, 0) is 67.3 Å². The summed E-state index contributed by atoms with van der Waals surface area (Å²) in [6.07, 6.45) is 0.918. The molecule has 186 valence electrons. The molecule has 3 aliphatic rings. The fraction of sp³-hybridized carbons (Fsp3) is 0.290. The SMILES string of the molecule is C[C@H](OC(=O)c1ccc(N2C(=O)[C@@H]3[C@@H]4C[C@@H]([C@@H]3C2=O)[C@H](c2ccccc2)C4)cc1)C(=O)c1ccccc1. The van der Waals surface area contributed by atoms with E-state index in [0.717, 1.165) is 12.8 Å².